The lowest BCUT2D eigenvalue weighted by atomic mass is 9.97. The lowest BCUT2D eigenvalue weighted by molar-refractivity contribution is 0.106. The summed E-state index contributed by atoms with van der Waals surface area (Å²) in [7, 11) is 0. The second-order valence-electron chi connectivity index (χ2n) is 4.79. The van der Waals surface area contributed by atoms with Gasteiger partial charge in [-0.3, -0.25) is 14.9 Å². The molecule has 2 aliphatic carbocycles. The van der Waals surface area contributed by atoms with E-state index in [2.05, 4.69) is 5.10 Å². The van der Waals surface area contributed by atoms with Crippen molar-refractivity contribution in [2.75, 3.05) is 0 Å². The maximum atomic E-state index is 12.1. The summed E-state index contributed by atoms with van der Waals surface area (Å²) in [6.07, 6.45) is 5.21. The zero-order valence-electron chi connectivity index (χ0n) is 10.6. The van der Waals surface area contributed by atoms with Gasteiger partial charge in [0.25, 0.3) is 0 Å². The van der Waals surface area contributed by atoms with Crippen LogP contribution < -0.4 is 0 Å². The van der Waals surface area contributed by atoms with Gasteiger partial charge in [-0.2, -0.15) is 0 Å². The molecule has 1 aliphatic heterocycles. The van der Waals surface area contributed by atoms with E-state index in [9.17, 15) is 4.79 Å². The van der Waals surface area contributed by atoms with E-state index < -0.39 is 0 Å². The van der Waals surface area contributed by atoms with E-state index in [4.69, 9.17) is 5.41 Å². The normalized spacial score (nSPS) is 14.0. The summed E-state index contributed by atoms with van der Waals surface area (Å²) in [5.41, 5.74) is 4.37. The molecule has 96 valence electrons. The van der Waals surface area contributed by atoms with Crippen LogP contribution in [0.3, 0.4) is 0 Å². The molecule has 3 aliphatic rings. The second kappa shape index (κ2) is 3.81. The Hall–Kier alpha value is -2.88. The third-order valence-corrected chi connectivity index (χ3v) is 3.62. The Morgan fingerprint density at radius 3 is 2.70 bits per heavy atom. The molecule has 0 amide bonds. The van der Waals surface area contributed by atoms with Crippen LogP contribution in [0.15, 0.2) is 48.7 Å². The Balaban J connectivity index is 1.95. The first kappa shape index (κ1) is 11.0. The Bertz CT molecular complexity index is 836. The summed E-state index contributed by atoms with van der Waals surface area (Å²) >= 11 is 0. The summed E-state index contributed by atoms with van der Waals surface area (Å²) < 4.78 is 1.94. The van der Waals surface area contributed by atoms with E-state index in [1.165, 1.54) is 0 Å². The molecule has 0 bridgehead atoms. The number of aromatic amines is 1. The average Bonchev–Trinajstić information content (AvgIpc) is 3.02. The first-order valence-electron chi connectivity index (χ1n) is 6.35. The van der Waals surface area contributed by atoms with Gasteiger partial charge in [-0.1, -0.05) is 24.3 Å². The number of aromatic nitrogens is 2. The van der Waals surface area contributed by atoms with E-state index >= 15 is 0 Å². The molecular weight excluding hydrogens is 250 g/mol. The highest BCUT2D eigenvalue weighted by molar-refractivity contribution is 6.52. The molecule has 0 saturated carbocycles. The smallest absolute Gasteiger partial charge is 0.211 e. The van der Waals surface area contributed by atoms with Crippen LogP contribution in [0.5, 0.6) is 0 Å². The third-order valence-electron chi connectivity index (χ3n) is 3.62. The highest BCUT2D eigenvalue weighted by Crippen LogP contribution is 2.36. The lowest BCUT2D eigenvalue weighted by Gasteiger charge is -2.05. The van der Waals surface area contributed by atoms with E-state index in [0.717, 1.165) is 22.5 Å². The van der Waals surface area contributed by atoms with E-state index in [1.807, 2.05) is 53.4 Å². The fraction of sp³-hybridized carbons (Fsp3) is 0. The SMILES string of the molecule is N=C1C=Cc2cc3n(-c4ccccc4)[nH]cc-3c2C1=O. The molecule has 2 N–H and O–H groups in total. The molecule has 20 heavy (non-hydrogen) atoms. The van der Waals surface area contributed by atoms with Gasteiger partial charge in [-0.15, -0.1) is 0 Å². The molecule has 1 heterocycles. The number of Topliss-reactive ketones (excluding diaryl/α,β-unsaturated/α-hetero) is 1. The van der Waals surface area contributed by atoms with Crippen molar-refractivity contribution in [2.24, 2.45) is 0 Å². The number of nitrogens with one attached hydrogen (secondary N) is 2. The molecule has 0 atom stereocenters. The third kappa shape index (κ3) is 1.36. The fourth-order valence-electron chi connectivity index (χ4n) is 2.67. The van der Waals surface area contributed by atoms with Crippen LogP contribution in [0.1, 0.15) is 15.9 Å². The molecule has 1 aromatic rings. The van der Waals surface area contributed by atoms with Crippen molar-refractivity contribution >= 4 is 17.6 Å². The zero-order chi connectivity index (χ0) is 13.7. The molecule has 1 aromatic carbocycles. The van der Waals surface area contributed by atoms with Crippen molar-refractivity contribution in [3.63, 3.8) is 0 Å². The predicted octanol–water partition coefficient (Wildman–Crippen LogP) is 3.14. The molecule has 4 heteroatoms. The number of rotatable bonds is 1. The van der Waals surface area contributed by atoms with Gasteiger partial charge >= 0.3 is 0 Å². The number of para-hydroxylation sites is 1. The molecule has 0 unspecified atom stereocenters. The van der Waals surface area contributed by atoms with Crippen molar-refractivity contribution in [1.29, 1.82) is 5.41 Å². The number of benzene rings is 1. The molecule has 0 saturated heterocycles. The van der Waals surface area contributed by atoms with Gasteiger partial charge in [0.05, 0.1) is 11.4 Å². The minimum Gasteiger partial charge on any atom is -0.300 e. The molecule has 0 fully saturated rings. The van der Waals surface area contributed by atoms with Crippen molar-refractivity contribution in [3.05, 3.63) is 59.8 Å². The maximum Gasteiger partial charge on any atom is 0.211 e. The van der Waals surface area contributed by atoms with Gasteiger partial charge in [0.15, 0.2) is 0 Å². The molecule has 0 radical (unpaired) electrons. The molecule has 0 aromatic heterocycles. The number of hydrogen-bond acceptors (Lipinski definition) is 2. The summed E-state index contributed by atoms with van der Waals surface area (Å²) in [4.78, 5) is 12.1. The van der Waals surface area contributed by atoms with Gasteiger partial charge in [0.2, 0.25) is 5.78 Å². The van der Waals surface area contributed by atoms with Gasteiger partial charge in [-0.05, 0) is 29.8 Å². The number of ketones is 1. The molecular formula is C16H11N3O. The Kier molecular flexibility index (Phi) is 2.09. The van der Waals surface area contributed by atoms with Crippen molar-refractivity contribution in [2.45, 2.75) is 0 Å². The zero-order valence-corrected chi connectivity index (χ0v) is 10.6. The highest BCUT2D eigenvalue weighted by Gasteiger charge is 2.28. The number of fused-ring (bicyclic) bond motifs is 3. The van der Waals surface area contributed by atoms with E-state index in [0.29, 0.717) is 5.56 Å². The van der Waals surface area contributed by atoms with Crippen LogP contribution in [0.4, 0.5) is 0 Å². The standard InChI is InChI=1S/C16H11N3O/c17-13-7-6-10-8-14-12(15(10)16(13)20)9-18-19(14)11-4-2-1-3-5-11/h1-9,17-18H. The first-order chi connectivity index (χ1) is 9.75. The first-order valence-corrected chi connectivity index (χ1v) is 6.35. The quantitative estimate of drug-likeness (QED) is 0.694. The van der Waals surface area contributed by atoms with Gasteiger partial charge in [-0.25, -0.2) is 0 Å². The molecule has 4 rings (SSSR count). The number of carbonyl (C=O) groups excluding carboxylic acids is 1. The van der Waals surface area contributed by atoms with Crippen LogP contribution in [-0.4, -0.2) is 21.3 Å². The van der Waals surface area contributed by atoms with Crippen LogP contribution in [0.25, 0.3) is 23.0 Å². The van der Waals surface area contributed by atoms with Crippen molar-refractivity contribution in [3.8, 4) is 16.9 Å². The number of nitrogens with zero attached hydrogens (tertiary/aromatic N) is 1. The van der Waals surface area contributed by atoms with Gasteiger partial charge < -0.3 is 5.10 Å². The lowest BCUT2D eigenvalue weighted by Crippen LogP contribution is -2.14. The Morgan fingerprint density at radius 2 is 1.90 bits per heavy atom. The summed E-state index contributed by atoms with van der Waals surface area (Å²) in [6, 6.07) is 11.9. The Labute approximate surface area is 115 Å². The molecule has 4 nitrogen and oxygen atoms in total. The van der Waals surface area contributed by atoms with Crippen LogP contribution in [-0.2, 0) is 0 Å². The number of hydrogen-bond donors (Lipinski definition) is 2. The summed E-state index contributed by atoms with van der Waals surface area (Å²) in [5.74, 6) is -0.211. The highest BCUT2D eigenvalue weighted by atomic mass is 16.1. The number of allylic oxidation sites excluding steroid dienone is 1. The van der Waals surface area contributed by atoms with E-state index in [-0.39, 0.29) is 11.5 Å². The van der Waals surface area contributed by atoms with E-state index in [1.54, 1.807) is 6.08 Å². The van der Waals surface area contributed by atoms with Crippen molar-refractivity contribution in [1.82, 2.24) is 9.78 Å². The van der Waals surface area contributed by atoms with Crippen molar-refractivity contribution < 1.29 is 4.79 Å². The molecule has 0 spiro atoms. The predicted molar refractivity (Wildman–Crippen MR) is 77.8 cm³/mol. The fourth-order valence-corrected chi connectivity index (χ4v) is 2.67. The number of H-pyrrole nitrogens is 1. The largest absolute Gasteiger partial charge is 0.300 e. The van der Waals surface area contributed by atoms with Gasteiger partial charge in [0, 0.05) is 17.3 Å². The Morgan fingerprint density at radius 1 is 1.10 bits per heavy atom. The summed E-state index contributed by atoms with van der Waals surface area (Å²) in [6.45, 7) is 0. The second-order valence-corrected chi connectivity index (χ2v) is 4.79. The van der Waals surface area contributed by atoms with Crippen LogP contribution in [0, 0.1) is 5.41 Å². The monoisotopic (exact) mass is 261 g/mol. The number of carbonyl (C=O) groups is 1. The van der Waals surface area contributed by atoms with Crippen LogP contribution in [0.2, 0.25) is 0 Å². The maximum absolute atomic E-state index is 12.1. The van der Waals surface area contributed by atoms with Crippen LogP contribution >= 0.6 is 0 Å². The minimum atomic E-state index is -0.211. The topological polar surface area (TPSA) is 61.6 Å². The average molecular weight is 261 g/mol. The van der Waals surface area contributed by atoms with Gasteiger partial charge in [0.1, 0.15) is 5.71 Å². The summed E-state index contributed by atoms with van der Waals surface area (Å²) in [5, 5.41) is 10.8. The minimum absolute atomic E-state index is 0.0393.